The maximum Gasteiger partial charge on any atom is 0.341 e. The molecule has 2 N–H and O–H groups in total. The fourth-order valence-electron chi connectivity index (χ4n) is 4.91. The molecule has 7 nitrogen and oxygen atoms in total. The van der Waals surface area contributed by atoms with Crippen molar-refractivity contribution in [1.29, 1.82) is 0 Å². The summed E-state index contributed by atoms with van der Waals surface area (Å²) in [7, 11) is 0. The first-order valence-corrected chi connectivity index (χ1v) is 16.2. The van der Waals surface area contributed by atoms with Gasteiger partial charge in [-0.2, -0.15) is 0 Å². The zero-order chi connectivity index (χ0) is 30.2. The zero-order valence-electron chi connectivity index (χ0n) is 23.7. The second-order valence-corrected chi connectivity index (χ2v) is 12.7. The quantitative estimate of drug-likeness (QED) is 0.136. The lowest BCUT2D eigenvalue weighted by Crippen LogP contribution is -2.30. The summed E-state index contributed by atoms with van der Waals surface area (Å²) in [6.45, 7) is 4.40. The Morgan fingerprint density at radius 1 is 0.953 bits per heavy atom. The monoisotopic (exact) mass is 633 g/mol. The molecule has 0 atom stereocenters. The second kappa shape index (κ2) is 14.7. The highest BCUT2D eigenvalue weighted by Crippen LogP contribution is 2.38. The van der Waals surface area contributed by atoms with Crippen LogP contribution in [0.25, 0.3) is 0 Å². The van der Waals surface area contributed by atoms with Crippen LogP contribution in [0.15, 0.2) is 83.8 Å². The molecule has 0 bridgehead atoms. The SMILES string of the molecule is CCOC(=O)c1c(NC(=O)CSc2cccc(NC(=O)Cc3ccc(Cl)cc3)c2)sc2c1CCN(Cc1ccccc1)C2. The number of esters is 1. The van der Waals surface area contributed by atoms with E-state index in [1.165, 1.54) is 28.7 Å². The van der Waals surface area contributed by atoms with Gasteiger partial charge >= 0.3 is 5.97 Å². The molecule has 222 valence electrons. The number of carbonyl (C=O) groups excluding carboxylic acids is 3. The number of ether oxygens (including phenoxy) is 1. The lowest BCUT2D eigenvalue weighted by molar-refractivity contribution is -0.115. The maximum absolute atomic E-state index is 13.1. The van der Waals surface area contributed by atoms with Crippen molar-refractivity contribution >= 4 is 63.2 Å². The van der Waals surface area contributed by atoms with E-state index < -0.39 is 5.97 Å². The zero-order valence-corrected chi connectivity index (χ0v) is 26.1. The molecule has 2 heterocycles. The minimum absolute atomic E-state index is 0.141. The van der Waals surface area contributed by atoms with E-state index >= 15 is 0 Å². The Morgan fingerprint density at radius 3 is 2.51 bits per heavy atom. The number of amides is 2. The van der Waals surface area contributed by atoms with Gasteiger partial charge in [0.15, 0.2) is 0 Å². The van der Waals surface area contributed by atoms with Crippen molar-refractivity contribution in [2.24, 2.45) is 0 Å². The molecule has 2 amide bonds. The van der Waals surface area contributed by atoms with Gasteiger partial charge in [0.25, 0.3) is 0 Å². The predicted molar refractivity (Wildman–Crippen MR) is 174 cm³/mol. The van der Waals surface area contributed by atoms with Gasteiger partial charge in [0.2, 0.25) is 11.8 Å². The first-order valence-electron chi connectivity index (χ1n) is 14.0. The largest absolute Gasteiger partial charge is 0.462 e. The summed E-state index contributed by atoms with van der Waals surface area (Å²) >= 11 is 8.74. The molecule has 1 aliphatic heterocycles. The van der Waals surface area contributed by atoms with Gasteiger partial charge in [-0.3, -0.25) is 14.5 Å². The summed E-state index contributed by atoms with van der Waals surface area (Å²) in [4.78, 5) is 42.8. The van der Waals surface area contributed by atoms with Crippen LogP contribution >= 0.6 is 34.7 Å². The number of benzene rings is 3. The van der Waals surface area contributed by atoms with Gasteiger partial charge < -0.3 is 15.4 Å². The summed E-state index contributed by atoms with van der Waals surface area (Å²) in [5, 5.41) is 7.06. The normalized spacial score (nSPS) is 12.8. The van der Waals surface area contributed by atoms with Crippen molar-refractivity contribution in [2.75, 3.05) is 29.5 Å². The van der Waals surface area contributed by atoms with Gasteiger partial charge in [-0.05, 0) is 60.4 Å². The molecule has 1 aromatic heterocycles. The lowest BCUT2D eigenvalue weighted by atomic mass is 10.0. The maximum atomic E-state index is 13.1. The summed E-state index contributed by atoms with van der Waals surface area (Å²) < 4.78 is 5.37. The molecule has 1 aliphatic rings. The molecule has 4 aromatic rings. The minimum Gasteiger partial charge on any atom is -0.462 e. The molecular formula is C33H32ClN3O4S2. The number of carbonyl (C=O) groups is 3. The third-order valence-corrected chi connectivity index (χ3v) is 9.26. The lowest BCUT2D eigenvalue weighted by Gasteiger charge is -2.27. The van der Waals surface area contributed by atoms with E-state index in [-0.39, 0.29) is 30.6 Å². The highest BCUT2D eigenvalue weighted by molar-refractivity contribution is 8.00. The van der Waals surface area contributed by atoms with Crippen LogP contribution in [0.5, 0.6) is 0 Å². The molecule has 0 saturated heterocycles. The first kappa shape index (κ1) is 30.8. The molecular weight excluding hydrogens is 602 g/mol. The third-order valence-electron chi connectivity index (χ3n) is 6.88. The van der Waals surface area contributed by atoms with Crippen molar-refractivity contribution in [3.8, 4) is 0 Å². The van der Waals surface area contributed by atoms with Crippen LogP contribution in [0.4, 0.5) is 10.7 Å². The number of hydrogen-bond donors (Lipinski definition) is 2. The average Bonchev–Trinajstić information content (AvgIpc) is 3.35. The number of nitrogens with one attached hydrogen (secondary N) is 2. The molecule has 0 saturated carbocycles. The van der Waals surface area contributed by atoms with Gasteiger partial charge in [-0.25, -0.2) is 4.79 Å². The molecule has 43 heavy (non-hydrogen) atoms. The number of anilines is 2. The third kappa shape index (κ3) is 8.48. The Balaban J connectivity index is 1.20. The Bertz CT molecular complexity index is 1590. The molecule has 10 heteroatoms. The van der Waals surface area contributed by atoms with Gasteiger partial charge in [0.05, 0.1) is 24.3 Å². The van der Waals surface area contributed by atoms with Crippen molar-refractivity contribution in [1.82, 2.24) is 4.90 Å². The Morgan fingerprint density at radius 2 is 1.74 bits per heavy atom. The van der Waals surface area contributed by atoms with Crippen LogP contribution in [0.1, 0.15) is 38.8 Å². The van der Waals surface area contributed by atoms with Gasteiger partial charge in [-0.1, -0.05) is 60.1 Å². The second-order valence-electron chi connectivity index (χ2n) is 10.1. The topological polar surface area (TPSA) is 87.7 Å². The van der Waals surface area contributed by atoms with E-state index in [1.807, 2.05) is 54.6 Å². The van der Waals surface area contributed by atoms with Crippen molar-refractivity contribution < 1.29 is 19.1 Å². The fraction of sp³-hybridized carbons (Fsp3) is 0.242. The Labute approximate surface area is 264 Å². The summed E-state index contributed by atoms with van der Waals surface area (Å²) in [6.07, 6.45) is 0.947. The number of nitrogens with zero attached hydrogens (tertiary/aromatic N) is 1. The predicted octanol–water partition coefficient (Wildman–Crippen LogP) is 7.05. The van der Waals surface area contributed by atoms with Crippen molar-refractivity contribution in [3.05, 3.63) is 111 Å². The van der Waals surface area contributed by atoms with E-state index in [4.69, 9.17) is 16.3 Å². The van der Waals surface area contributed by atoms with E-state index in [0.717, 1.165) is 34.0 Å². The van der Waals surface area contributed by atoms with Gasteiger partial charge in [-0.15, -0.1) is 23.1 Å². The minimum atomic E-state index is -0.401. The van der Waals surface area contributed by atoms with E-state index in [9.17, 15) is 14.4 Å². The van der Waals surface area contributed by atoms with E-state index in [1.54, 1.807) is 19.1 Å². The Hall–Kier alpha value is -3.63. The van der Waals surface area contributed by atoms with Crippen LogP contribution in [0.2, 0.25) is 5.02 Å². The van der Waals surface area contributed by atoms with Crippen LogP contribution in [-0.4, -0.2) is 41.6 Å². The Kier molecular flexibility index (Phi) is 10.5. The number of rotatable bonds is 11. The molecule has 0 radical (unpaired) electrons. The highest BCUT2D eigenvalue weighted by Gasteiger charge is 2.29. The molecule has 3 aromatic carbocycles. The standard InChI is InChI=1S/C33H32ClN3O4S2/c1-2-41-33(40)31-27-15-16-37(19-23-7-4-3-5-8-23)20-28(27)43-32(31)36-30(39)21-42-26-10-6-9-25(18-26)35-29(38)17-22-11-13-24(34)14-12-22/h3-14,18H,2,15-17,19-21H2,1H3,(H,35,38)(H,36,39). The average molecular weight is 634 g/mol. The molecule has 0 aliphatic carbocycles. The molecule has 0 fully saturated rings. The number of fused-ring (bicyclic) bond motifs is 1. The van der Waals surface area contributed by atoms with Gasteiger partial charge in [0, 0.05) is 40.1 Å². The molecule has 0 spiro atoms. The van der Waals surface area contributed by atoms with Crippen LogP contribution in [-0.2, 0) is 40.3 Å². The first-order chi connectivity index (χ1) is 20.9. The number of halogens is 1. The van der Waals surface area contributed by atoms with E-state index in [0.29, 0.717) is 34.2 Å². The molecule has 5 rings (SSSR count). The summed E-state index contributed by atoms with van der Waals surface area (Å²) in [5.74, 6) is -0.612. The van der Waals surface area contributed by atoms with Crippen molar-refractivity contribution in [2.45, 2.75) is 37.8 Å². The summed E-state index contributed by atoms with van der Waals surface area (Å²) in [5.41, 5.74) is 4.21. The van der Waals surface area contributed by atoms with Crippen LogP contribution < -0.4 is 10.6 Å². The van der Waals surface area contributed by atoms with Crippen LogP contribution in [0.3, 0.4) is 0 Å². The number of hydrogen-bond acceptors (Lipinski definition) is 7. The van der Waals surface area contributed by atoms with E-state index in [2.05, 4.69) is 27.7 Å². The molecule has 0 unspecified atom stereocenters. The van der Waals surface area contributed by atoms with Gasteiger partial charge in [0.1, 0.15) is 5.00 Å². The van der Waals surface area contributed by atoms with Crippen LogP contribution in [0, 0.1) is 0 Å². The fourth-order valence-corrected chi connectivity index (χ4v) is 7.08. The number of thiophene rings is 1. The summed E-state index contributed by atoms with van der Waals surface area (Å²) in [6, 6.07) is 24.9. The van der Waals surface area contributed by atoms with Crippen molar-refractivity contribution in [3.63, 3.8) is 0 Å². The number of thioether (sulfide) groups is 1. The smallest absolute Gasteiger partial charge is 0.341 e. The highest BCUT2D eigenvalue weighted by atomic mass is 35.5.